The summed E-state index contributed by atoms with van der Waals surface area (Å²) >= 11 is 14.7. The van der Waals surface area contributed by atoms with E-state index < -0.39 is 0 Å². The summed E-state index contributed by atoms with van der Waals surface area (Å²) in [5, 5.41) is 1.63. The number of aromatic nitrogens is 1. The molecule has 0 radical (unpaired) electrons. The molecule has 0 saturated heterocycles. The molecule has 1 N–H and O–H groups in total. The Morgan fingerprint density at radius 3 is 2.81 bits per heavy atom. The summed E-state index contributed by atoms with van der Waals surface area (Å²) in [5.74, 6) is -0.342. The summed E-state index contributed by atoms with van der Waals surface area (Å²) in [7, 11) is 0. The number of nitrogens with one attached hydrogen (secondary N) is 1. The molecule has 16 heavy (non-hydrogen) atoms. The number of hydrogen-bond donors (Lipinski definition) is 1. The van der Waals surface area contributed by atoms with E-state index in [4.69, 9.17) is 23.2 Å². The Bertz CT molecular complexity index is 574. The molecule has 0 aliphatic carbocycles. The molecular weight excluding hydrogens is 315 g/mol. The average molecular weight is 320 g/mol. The number of nitrogens with zero attached hydrogens (tertiary/aromatic N) is 1. The molecule has 0 fully saturated rings. The normalized spacial score (nSPS) is 10.4. The van der Waals surface area contributed by atoms with Crippen LogP contribution in [0.2, 0.25) is 10.0 Å². The fourth-order valence-corrected chi connectivity index (χ4v) is 2.02. The molecule has 2 aromatic rings. The maximum absolute atomic E-state index is 11.6. The quantitative estimate of drug-likeness (QED) is 0.816. The molecular formula is C10H5BrCl2N2O. The van der Waals surface area contributed by atoms with E-state index in [0.29, 0.717) is 21.1 Å². The Hall–Kier alpha value is -0.840. The summed E-state index contributed by atoms with van der Waals surface area (Å²) < 4.78 is 2.34. The number of benzene rings is 1. The lowest BCUT2D eigenvalue weighted by atomic mass is 10.1. The van der Waals surface area contributed by atoms with E-state index in [1.807, 2.05) is 0 Å². The maximum atomic E-state index is 11.6. The van der Waals surface area contributed by atoms with Crippen LogP contribution in [0.4, 0.5) is 0 Å². The van der Waals surface area contributed by atoms with Gasteiger partial charge in [0.15, 0.2) is 0 Å². The molecule has 0 unspecified atom stereocenters. The zero-order valence-corrected chi connectivity index (χ0v) is 10.9. The zero-order valence-electron chi connectivity index (χ0n) is 7.80. The van der Waals surface area contributed by atoms with Crippen molar-refractivity contribution in [1.82, 2.24) is 9.33 Å². The van der Waals surface area contributed by atoms with Crippen molar-refractivity contribution in [2.45, 2.75) is 0 Å². The van der Waals surface area contributed by atoms with Crippen molar-refractivity contribution in [3.8, 4) is 0 Å². The molecule has 1 heterocycles. The standard InChI is InChI=1S/C10H5BrCl2N2O/c11-15-10(16)8-7(13)2-1-5-3-6(12)4-14-9(5)8/h1-4H,(H,15,16). The Kier molecular flexibility index (Phi) is 3.33. The second-order valence-electron chi connectivity index (χ2n) is 3.07. The fraction of sp³-hybridized carbons (Fsp3) is 0. The van der Waals surface area contributed by atoms with Crippen LogP contribution in [-0.2, 0) is 0 Å². The summed E-state index contributed by atoms with van der Waals surface area (Å²) in [6.45, 7) is 0. The van der Waals surface area contributed by atoms with Gasteiger partial charge in [0.1, 0.15) is 0 Å². The lowest BCUT2D eigenvalue weighted by molar-refractivity contribution is 0.0988. The van der Waals surface area contributed by atoms with Crippen LogP contribution in [0.15, 0.2) is 24.4 Å². The molecule has 0 spiro atoms. The highest BCUT2D eigenvalue weighted by Gasteiger charge is 2.14. The van der Waals surface area contributed by atoms with E-state index in [9.17, 15) is 4.79 Å². The van der Waals surface area contributed by atoms with E-state index >= 15 is 0 Å². The van der Waals surface area contributed by atoms with Gasteiger partial charge in [-0.05, 0) is 12.1 Å². The lowest BCUT2D eigenvalue weighted by Gasteiger charge is -2.06. The van der Waals surface area contributed by atoms with Crippen LogP contribution in [0, 0.1) is 0 Å². The molecule has 1 amide bonds. The third-order valence-electron chi connectivity index (χ3n) is 2.08. The molecule has 1 aromatic heterocycles. The predicted molar refractivity (Wildman–Crippen MR) is 68.2 cm³/mol. The van der Waals surface area contributed by atoms with Gasteiger partial charge in [0.2, 0.25) is 0 Å². The van der Waals surface area contributed by atoms with Gasteiger partial charge >= 0.3 is 0 Å². The number of amides is 1. The highest BCUT2D eigenvalue weighted by Crippen LogP contribution is 2.26. The van der Waals surface area contributed by atoms with Gasteiger partial charge in [-0.15, -0.1) is 0 Å². The van der Waals surface area contributed by atoms with E-state index in [1.165, 1.54) is 6.20 Å². The minimum Gasteiger partial charge on any atom is -0.288 e. The van der Waals surface area contributed by atoms with E-state index in [0.717, 1.165) is 5.39 Å². The zero-order chi connectivity index (χ0) is 11.7. The highest BCUT2D eigenvalue weighted by atomic mass is 79.9. The third-order valence-corrected chi connectivity index (χ3v) is 2.96. The monoisotopic (exact) mass is 318 g/mol. The van der Waals surface area contributed by atoms with Gasteiger partial charge in [-0.2, -0.15) is 0 Å². The largest absolute Gasteiger partial charge is 0.288 e. The van der Waals surface area contributed by atoms with Crippen molar-refractivity contribution in [3.05, 3.63) is 40.0 Å². The first kappa shape index (κ1) is 11.6. The minimum absolute atomic E-state index is 0.327. The molecule has 3 nitrogen and oxygen atoms in total. The van der Waals surface area contributed by atoms with Crippen molar-refractivity contribution in [1.29, 1.82) is 0 Å². The van der Waals surface area contributed by atoms with Crippen molar-refractivity contribution in [2.75, 3.05) is 0 Å². The second-order valence-corrected chi connectivity index (χ2v) is 4.31. The Morgan fingerprint density at radius 1 is 1.38 bits per heavy atom. The van der Waals surface area contributed by atoms with Gasteiger partial charge < -0.3 is 0 Å². The molecule has 82 valence electrons. The first-order chi connectivity index (χ1) is 7.63. The van der Waals surface area contributed by atoms with Gasteiger partial charge in [0.25, 0.3) is 5.91 Å². The van der Waals surface area contributed by atoms with Crippen LogP contribution >= 0.6 is 39.3 Å². The summed E-state index contributed by atoms with van der Waals surface area (Å²) in [6, 6.07) is 5.13. The number of carbonyl (C=O) groups is 1. The number of halogens is 3. The number of carbonyl (C=O) groups excluding carboxylic acids is 1. The fourth-order valence-electron chi connectivity index (χ4n) is 1.41. The Labute approximate surface area is 110 Å². The van der Waals surface area contributed by atoms with Crippen LogP contribution in [0.25, 0.3) is 10.9 Å². The molecule has 0 bridgehead atoms. The SMILES string of the molecule is O=C(NBr)c1c(Cl)ccc2cc(Cl)cnc12. The van der Waals surface area contributed by atoms with E-state index in [2.05, 4.69) is 25.5 Å². The van der Waals surface area contributed by atoms with E-state index in [-0.39, 0.29) is 5.91 Å². The highest BCUT2D eigenvalue weighted by molar-refractivity contribution is 9.08. The predicted octanol–water partition coefficient (Wildman–Crippen LogP) is 3.58. The van der Waals surface area contributed by atoms with Gasteiger partial charge in [0, 0.05) is 27.7 Å². The topological polar surface area (TPSA) is 42.0 Å². The molecule has 0 atom stereocenters. The van der Waals surface area contributed by atoms with Crippen LogP contribution in [-0.4, -0.2) is 10.9 Å². The van der Waals surface area contributed by atoms with Crippen molar-refractivity contribution >= 4 is 56.2 Å². The number of rotatable bonds is 1. The summed E-state index contributed by atoms with van der Waals surface area (Å²) in [5.41, 5.74) is 0.849. The number of hydrogen-bond acceptors (Lipinski definition) is 2. The number of pyridine rings is 1. The molecule has 2 rings (SSSR count). The van der Waals surface area contributed by atoms with E-state index in [1.54, 1.807) is 18.2 Å². The average Bonchev–Trinajstić information content (AvgIpc) is 2.28. The molecule has 1 aromatic carbocycles. The van der Waals surface area contributed by atoms with Gasteiger partial charge in [0.05, 0.1) is 21.1 Å². The smallest absolute Gasteiger partial charge is 0.264 e. The van der Waals surface area contributed by atoms with Crippen LogP contribution < -0.4 is 4.34 Å². The summed E-state index contributed by atoms with van der Waals surface area (Å²) in [4.78, 5) is 15.7. The van der Waals surface area contributed by atoms with Crippen molar-refractivity contribution in [3.63, 3.8) is 0 Å². The van der Waals surface area contributed by atoms with Gasteiger partial charge in [-0.25, -0.2) is 0 Å². The minimum atomic E-state index is -0.342. The van der Waals surface area contributed by atoms with Crippen molar-refractivity contribution in [2.24, 2.45) is 0 Å². The maximum Gasteiger partial charge on any atom is 0.264 e. The Balaban J connectivity index is 2.79. The van der Waals surface area contributed by atoms with Crippen molar-refractivity contribution < 1.29 is 4.79 Å². The van der Waals surface area contributed by atoms with Crippen LogP contribution in [0.1, 0.15) is 10.4 Å². The first-order valence-corrected chi connectivity index (χ1v) is 5.83. The van der Waals surface area contributed by atoms with Gasteiger partial charge in [-0.3, -0.25) is 14.1 Å². The second kappa shape index (κ2) is 4.57. The molecule has 0 saturated carbocycles. The Morgan fingerprint density at radius 2 is 2.12 bits per heavy atom. The van der Waals surface area contributed by atoms with Crippen LogP contribution in [0.3, 0.4) is 0 Å². The molecule has 0 aliphatic rings. The molecule has 6 heteroatoms. The lowest BCUT2D eigenvalue weighted by Crippen LogP contribution is -2.13. The van der Waals surface area contributed by atoms with Crippen LogP contribution in [0.5, 0.6) is 0 Å². The van der Waals surface area contributed by atoms with Gasteiger partial charge in [-0.1, -0.05) is 29.3 Å². The number of fused-ring (bicyclic) bond motifs is 1. The summed E-state index contributed by atoms with van der Waals surface area (Å²) in [6.07, 6.45) is 1.48. The third kappa shape index (κ3) is 2.00. The first-order valence-electron chi connectivity index (χ1n) is 4.28. The molecule has 0 aliphatic heterocycles.